The molecule has 2 N–H and O–H groups in total. The van der Waals surface area contributed by atoms with E-state index >= 15 is 0 Å². The van der Waals surface area contributed by atoms with Gasteiger partial charge in [0.1, 0.15) is 11.5 Å². The highest BCUT2D eigenvalue weighted by Crippen LogP contribution is 2.32. The first-order chi connectivity index (χ1) is 8.69. The van der Waals surface area contributed by atoms with Gasteiger partial charge in [-0.2, -0.15) is 0 Å². The van der Waals surface area contributed by atoms with Gasteiger partial charge in [-0.3, -0.25) is 0 Å². The van der Waals surface area contributed by atoms with E-state index in [0.717, 1.165) is 17.7 Å². The van der Waals surface area contributed by atoms with Crippen LogP contribution < -0.4 is 10.5 Å². The van der Waals surface area contributed by atoms with Gasteiger partial charge in [0.15, 0.2) is 0 Å². The van der Waals surface area contributed by atoms with E-state index in [-0.39, 0.29) is 0 Å². The summed E-state index contributed by atoms with van der Waals surface area (Å²) in [5.74, 6) is 1.28. The molecule has 94 valence electrons. The predicted molar refractivity (Wildman–Crippen MR) is 75.7 cm³/mol. The zero-order valence-corrected chi connectivity index (χ0v) is 11.2. The Morgan fingerprint density at radius 3 is 2.67 bits per heavy atom. The summed E-state index contributed by atoms with van der Waals surface area (Å²) in [6.07, 6.45) is 0.820. The van der Waals surface area contributed by atoms with E-state index in [1.54, 1.807) is 18.2 Å². The van der Waals surface area contributed by atoms with Gasteiger partial charge in [0.2, 0.25) is 0 Å². The van der Waals surface area contributed by atoms with Crippen molar-refractivity contribution in [1.82, 2.24) is 0 Å². The number of halogens is 2. The number of hydrogen-bond acceptors (Lipinski definition) is 2. The smallest absolute Gasteiger partial charge is 0.147 e. The van der Waals surface area contributed by atoms with Gasteiger partial charge in [0.25, 0.3) is 0 Å². The van der Waals surface area contributed by atoms with E-state index in [9.17, 15) is 0 Å². The number of rotatable bonds is 4. The maximum atomic E-state index is 6.04. The molecule has 0 aliphatic heterocycles. The molecule has 0 fully saturated rings. The molecule has 0 radical (unpaired) electrons. The Hall–Kier alpha value is -1.22. The Kier molecular flexibility index (Phi) is 4.48. The zero-order chi connectivity index (χ0) is 13.0. The first-order valence-corrected chi connectivity index (χ1v) is 6.36. The Bertz CT molecular complexity index is 543. The second-order valence-electron chi connectivity index (χ2n) is 3.86. The lowest BCUT2D eigenvalue weighted by atomic mass is 10.1. The molecule has 0 heterocycles. The highest BCUT2D eigenvalue weighted by atomic mass is 35.5. The lowest BCUT2D eigenvalue weighted by Crippen LogP contribution is -2.02. The summed E-state index contributed by atoms with van der Waals surface area (Å²) in [5.41, 5.74) is 6.66. The molecule has 0 bridgehead atoms. The van der Waals surface area contributed by atoms with E-state index in [1.807, 2.05) is 24.3 Å². The highest BCUT2D eigenvalue weighted by molar-refractivity contribution is 6.34. The van der Waals surface area contributed by atoms with Crippen LogP contribution in [0.25, 0.3) is 0 Å². The second-order valence-corrected chi connectivity index (χ2v) is 4.71. The molecule has 0 aliphatic carbocycles. The van der Waals surface area contributed by atoms with Gasteiger partial charge >= 0.3 is 0 Å². The fourth-order valence-electron chi connectivity index (χ4n) is 1.61. The SMILES string of the molecule is NCCc1cccc(Oc2cc(Cl)ccc2Cl)c1. The van der Waals surface area contributed by atoms with Crippen LogP contribution >= 0.6 is 23.2 Å². The fraction of sp³-hybridized carbons (Fsp3) is 0.143. The fourth-order valence-corrected chi connectivity index (χ4v) is 1.93. The molecule has 0 amide bonds. The van der Waals surface area contributed by atoms with Gasteiger partial charge in [-0.1, -0.05) is 35.3 Å². The van der Waals surface area contributed by atoms with Crippen LogP contribution in [0, 0.1) is 0 Å². The maximum Gasteiger partial charge on any atom is 0.147 e. The van der Waals surface area contributed by atoms with Gasteiger partial charge in [-0.05, 0) is 42.8 Å². The number of ether oxygens (including phenoxy) is 1. The van der Waals surface area contributed by atoms with E-state index < -0.39 is 0 Å². The largest absolute Gasteiger partial charge is 0.456 e. The summed E-state index contributed by atoms with van der Waals surface area (Å²) in [7, 11) is 0. The Morgan fingerprint density at radius 2 is 1.89 bits per heavy atom. The second kappa shape index (κ2) is 6.10. The van der Waals surface area contributed by atoms with Gasteiger partial charge in [0.05, 0.1) is 5.02 Å². The molecule has 18 heavy (non-hydrogen) atoms. The molecule has 0 spiro atoms. The lowest BCUT2D eigenvalue weighted by Gasteiger charge is -2.09. The highest BCUT2D eigenvalue weighted by Gasteiger charge is 2.04. The molecule has 0 saturated heterocycles. The minimum atomic E-state index is 0.531. The van der Waals surface area contributed by atoms with Crippen LogP contribution in [0.3, 0.4) is 0 Å². The molecular formula is C14H13Cl2NO. The van der Waals surface area contributed by atoms with Crippen LogP contribution in [-0.2, 0) is 6.42 Å². The zero-order valence-electron chi connectivity index (χ0n) is 9.70. The number of benzene rings is 2. The average Bonchev–Trinajstić information content (AvgIpc) is 2.35. The third kappa shape index (κ3) is 3.39. The first kappa shape index (κ1) is 13.2. The third-order valence-electron chi connectivity index (χ3n) is 2.45. The Balaban J connectivity index is 2.22. The van der Waals surface area contributed by atoms with Crippen LogP contribution in [0.2, 0.25) is 10.0 Å². The van der Waals surface area contributed by atoms with Crippen molar-refractivity contribution in [2.75, 3.05) is 6.54 Å². The monoisotopic (exact) mass is 281 g/mol. The Labute approximate surface area is 116 Å². The van der Waals surface area contributed by atoms with Gasteiger partial charge < -0.3 is 10.5 Å². The number of hydrogen-bond donors (Lipinski definition) is 1. The normalized spacial score (nSPS) is 10.4. The summed E-state index contributed by atoms with van der Waals surface area (Å²) in [6.45, 7) is 0.612. The molecule has 2 aromatic rings. The molecule has 2 rings (SSSR count). The van der Waals surface area contributed by atoms with Crippen molar-refractivity contribution < 1.29 is 4.74 Å². The van der Waals surface area contributed by atoms with Crippen molar-refractivity contribution in [3.05, 3.63) is 58.1 Å². The van der Waals surface area contributed by atoms with E-state index in [0.29, 0.717) is 22.3 Å². The maximum absolute atomic E-state index is 6.04. The van der Waals surface area contributed by atoms with Crippen LogP contribution in [0.15, 0.2) is 42.5 Å². The molecule has 0 aromatic heterocycles. The predicted octanol–water partition coefficient (Wildman–Crippen LogP) is 4.29. The summed E-state index contributed by atoms with van der Waals surface area (Å²) >= 11 is 12.0. The molecule has 0 unspecified atom stereocenters. The minimum absolute atomic E-state index is 0.531. The van der Waals surface area contributed by atoms with Crippen LogP contribution in [0.4, 0.5) is 0 Å². The van der Waals surface area contributed by atoms with Crippen LogP contribution in [0.1, 0.15) is 5.56 Å². The Morgan fingerprint density at radius 1 is 1.06 bits per heavy atom. The molecule has 2 aromatic carbocycles. The van der Waals surface area contributed by atoms with E-state index in [2.05, 4.69) is 0 Å². The standard InChI is InChI=1S/C14H13Cl2NO/c15-11-4-5-13(16)14(9-11)18-12-3-1-2-10(8-12)6-7-17/h1-5,8-9H,6-7,17H2. The van der Waals surface area contributed by atoms with E-state index in [4.69, 9.17) is 33.7 Å². The molecule has 4 heteroatoms. The van der Waals surface area contributed by atoms with Crippen molar-refractivity contribution in [3.8, 4) is 11.5 Å². The van der Waals surface area contributed by atoms with Crippen LogP contribution in [-0.4, -0.2) is 6.54 Å². The number of nitrogens with two attached hydrogens (primary N) is 1. The lowest BCUT2D eigenvalue weighted by molar-refractivity contribution is 0.482. The summed E-state index contributed by atoms with van der Waals surface area (Å²) in [5, 5.41) is 1.12. The van der Waals surface area contributed by atoms with Crippen molar-refractivity contribution >= 4 is 23.2 Å². The summed E-state index contributed by atoms with van der Waals surface area (Å²) < 4.78 is 5.72. The first-order valence-electron chi connectivity index (χ1n) is 5.61. The van der Waals surface area contributed by atoms with Gasteiger partial charge in [-0.25, -0.2) is 0 Å². The molecule has 0 aliphatic rings. The molecule has 0 atom stereocenters. The molecule has 0 saturated carbocycles. The summed E-state index contributed by atoms with van der Waals surface area (Å²) in [4.78, 5) is 0. The van der Waals surface area contributed by atoms with Gasteiger partial charge in [0, 0.05) is 11.1 Å². The van der Waals surface area contributed by atoms with E-state index in [1.165, 1.54) is 0 Å². The summed E-state index contributed by atoms with van der Waals surface area (Å²) in [6, 6.07) is 12.9. The van der Waals surface area contributed by atoms with Crippen molar-refractivity contribution in [2.24, 2.45) is 5.73 Å². The average molecular weight is 282 g/mol. The van der Waals surface area contributed by atoms with Crippen LogP contribution in [0.5, 0.6) is 11.5 Å². The van der Waals surface area contributed by atoms with Crippen molar-refractivity contribution in [3.63, 3.8) is 0 Å². The van der Waals surface area contributed by atoms with Gasteiger partial charge in [-0.15, -0.1) is 0 Å². The quantitative estimate of drug-likeness (QED) is 0.908. The van der Waals surface area contributed by atoms with Crippen molar-refractivity contribution in [1.29, 1.82) is 0 Å². The third-order valence-corrected chi connectivity index (χ3v) is 3.00. The minimum Gasteiger partial charge on any atom is -0.456 e. The van der Waals surface area contributed by atoms with Crippen molar-refractivity contribution in [2.45, 2.75) is 6.42 Å². The molecule has 2 nitrogen and oxygen atoms in total. The molecular weight excluding hydrogens is 269 g/mol. The topological polar surface area (TPSA) is 35.2 Å².